The topological polar surface area (TPSA) is 55.0 Å². The number of hydrogen-bond acceptors (Lipinski definition) is 4. The first-order valence-electron chi connectivity index (χ1n) is 6.20. The van der Waals surface area contributed by atoms with Crippen molar-refractivity contribution in [1.82, 2.24) is 9.97 Å². The van der Waals surface area contributed by atoms with Crippen molar-refractivity contribution >= 4 is 11.8 Å². The first-order chi connectivity index (χ1) is 7.84. The number of hydrogen-bond donors (Lipinski definition) is 1. The van der Waals surface area contributed by atoms with Crippen molar-refractivity contribution in [3.63, 3.8) is 0 Å². The molecule has 0 aromatic carbocycles. The second kappa shape index (κ2) is 3.92. The highest BCUT2D eigenvalue weighted by Crippen LogP contribution is 2.38. The Morgan fingerprint density at radius 2 is 2.12 bits per heavy atom. The van der Waals surface area contributed by atoms with Gasteiger partial charge in [-0.05, 0) is 37.7 Å². The van der Waals surface area contributed by atoms with E-state index in [-0.39, 0.29) is 0 Å². The molecule has 2 atom stereocenters. The van der Waals surface area contributed by atoms with Gasteiger partial charge in [0.1, 0.15) is 5.82 Å². The Morgan fingerprint density at radius 3 is 3.00 bits per heavy atom. The Bertz CT molecular complexity index is 379. The summed E-state index contributed by atoms with van der Waals surface area (Å²) in [5, 5.41) is 0. The molecule has 0 bridgehead atoms. The van der Waals surface area contributed by atoms with Crippen LogP contribution in [-0.2, 0) is 0 Å². The minimum atomic E-state index is 0.574. The smallest absolute Gasteiger partial charge is 0.227 e. The molecule has 0 spiro atoms. The second-order valence-electron chi connectivity index (χ2n) is 4.88. The van der Waals surface area contributed by atoms with E-state index in [2.05, 4.69) is 14.9 Å². The predicted octanol–water partition coefficient (Wildman–Crippen LogP) is 1.83. The van der Waals surface area contributed by atoms with E-state index in [1.807, 2.05) is 0 Å². The summed E-state index contributed by atoms with van der Waals surface area (Å²) in [5.41, 5.74) is 5.72. The van der Waals surface area contributed by atoms with Gasteiger partial charge in [-0.25, -0.2) is 4.98 Å². The van der Waals surface area contributed by atoms with Crippen LogP contribution < -0.4 is 10.6 Å². The van der Waals surface area contributed by atoms with Crippen molar-refractivity contribution < 1.29 is 0 Å². The van der Waals surface area contributed by atoms with Crippen LogP contribution in [0.5, 0.6) is 0 Å². The third kappa shape index (κ3) is 1.62. The average Bonchev–Trinajstić information content (AvgIpc) is 2.76. The zero-order valence-electron chi connectivity index (χ0n) is 9.47. The van der Waals surface area contributed by atoms with Crippen molar-refractivity contribution in [3.05, 3.63) is 12.3 Å². The van der Waals surface area contributed by atoms with Crippen molar-refractivity contribution in [2.75, 3.05) is 17.2 Å². The zero-order chi connectivity index (χ0) is 11.0. The Morgan fingerprint density at radius 1 is 1.25 bits per heavy atom. The fourth-order valence-electron chi connectivity index (χ4n) is 3.20. The molecule has 1 aromatic heterocycles. The van der Waals surface area contributed by atoms with Gasteiger partial charge in [-0.15, -0.1) is 0 Å². The Labute approximate surface area is 95.9 Å². The molecule has 4 heteroatoms. The highest BCUT2D eigenvalue weighted by atomic mass is 15.3. The highest BCUT2D eigenvalue weighted by molar-refractivity contribution is 5.39. The van der Waals surface area contributed by atoms with E-state index >= 15 is 0 Å². The lowest BCUT2D eigenvalue weighted by molar-refractivity contribution is 0.358. The SMILES string of the molecule is Nc1ccnc(N2CCCC3CCCC32)n1. The van der Waals surface area contributed by atoms with Gasteiger partial charge in [-0.3, -0.25) is 0 Å². The number of nitrogens with two attached hydrogens (primary N) is 1. The maximum absolute atomic E-state index is 5.72. The first kappa shape index (κ1) is 9.87. The van der Waals surface area contributed by atoms with Gasteiger partial charge in [0.15, 0.2) is 0 Å². The van der Waals surface area contributed by atoms with E-state index in [1.165, 1.54) is 32.1 Å². The molecule has 2 N–H and O–H groups in total. The molecule has 1 saturated carbocycles. The maximum atomic E-state index is 5.72. The number of nitrogen functional groups attached to an aromatic ring is 1. The third-order valence-corrected chi connectivity index (χ3v) is 3.91. The summed E-state index contributed by atoms with van der Waals surface area (Å²) < 4.78 is 0. The summed E-state index contributed by atoms with van der Waals surface area (Å²) in [6.45, 7) is 1.09. The molecule has 0 amide bonds. The van der Waals surface area contributed by atoms with Gasteiger partial charge in [0, 0.05) is 18.8 Å². The van der Waals surface area contributed by atoms with E-state index in [1.54, 1.807) is 12.3 Å². The summed E-state index contributed by atoms with van der Waals surface area (Å²) in [5.74, 6) is 2.26. The monoisotopic (exact) mass is 218 g/mol. The molecular weight excluding hydrogens is 200 g/mol. The normalized spacial score (nSPS) is 29.1. The molecule has 1 saturated heterocycles. The summed E-state index contributed by atoms with van der Waals surface area (Å²) in [4.78, 5) is 11.1. The zero-order valence-corrected chi connectivity index (χ0v) is 9.47. The van der Waals surface area contributed by atoms with Crippen molar-refractivity contribution in [3.8, 4) is 0 Å². The largest absolute Gasteiger partial charge is 0.384 e. The van der Waals surface area contributed by atoms with E-state index in [9.17, 15) is 0 Å². The van der Waals surface area contributed by atoms with Gasteiger partial charge in [-0.1, -0.05) is 6.42 Å². The molecular formula is C12H18N4. The van der Waals surface area contributed by atoms with Crippen LogP contribution in [0.1, 0.15) is 32.1 Å². The van der Waals surface area contributed by atoms with E-state index in [0.717, 1.165) is 18.4 Å². The second-order valence-corrected chi connectivity index (χ2v) is 4.88. The number of anilines is 2. The number of rotatable bonds is 1. The van der Waals surface area contributed by atoms with Gasteiger partial charge in [0.2, 0.25) is 5.95 Å². The fraction of sp³-hybridized carbons (Fsp3) is 0.667. The molecule has 3 rings (SSSR count). The fourth-order valence-corrected chi connectivity index (χ4v) is 3.20. The van der Waals surface area contributed by atoms with Gasteiger partial charge in [0.05, 0.1) is 0 Å². The van der Waals surface area contributed by atoms with Crippen LogP contribution in [0.2, 0.25) is 0 Å². The predicted molar refractivity (Wildman–Crippen MR) is 64.2 cm³/mol. The van der Waals surface area contributed by atoms with Gasteiger partial charge in [-0.2, -0.15) is 4.98 Å². The van der Waals surface area contributed by atoms with Gasteiger partial charge < -0.3 is 10.6 Å². The third-order valence-electron chi connectivity index (χ3n) is 3.91. The van der Waals surface area contributed by atoms with Crippen molar-refractivity contribution in [1.29, 1.82) is 0 Å². The Kier molecular flexibility index (Phi) is 2.42. The van der Waals surface area contributed by atoms with Crippen LogP contribution in [0.4, 0.5) is 11.8 Å². The summed E-state index contributed by atoms with van der Waals surface area (Å²) in [7, 11) is 0. The summed E-state index contributed by atoms with van der Waals surface area (Å²) >= 11 is 0. The molecule has 1 aliphatic heterocycles. The molecule has 2 fully saturated rings. The molecule has 2 unspecified atom stereocenters. The van der Waals surface area contributed by atoms with Crippen LogP contribution in [0.25, 0.3) is 0 Å². The molecule has 1 aromatic rings. The average molecular weight is 218 g/mol. The number of fused-ring (bicyclic) bond motifs is 1. The van der Waals surface area contributed by atoms with Crippen LogP contribution >= 0.6 is 0 Å². The number of piperidine rings is 1. The molecule has 0 radical (unpaired) electrons. The minimum absolute atomic E-state index is 0.574. The summed E-state index contributed by atoms with van der Waals surface area (Å²) in [6, 6.07) is 2.41. The van der Waals surface area contributed by atoms with E-state index < -0.39 is 0 Å². The number of aromatic nitrogens is 2. The number of nitrogens with zero attached hydrogens (tertiary/aromatic N) is 3. The lowest BCUT2D eigenvalue weighted by atomic mass is 9.92. The first-order valence-corrected chi connectivity index (χ1v) is 6.20. The lowest BCUT2D eigenvalue weighted by Crippen LogP contribution is -2.43. The van der Waals surface area contributed by atoms with E-state index in [4.69, 9.17) is 5.73 Å². The quantitative estimate of drug-likeness (QED) is 0.781. The van der Waals surface area contributed by atoms with Gasteiger partial charge in [0.25, 0.3) is 0 Å². The van der Waals surface area contributed by atoms with E-state index in [0.29, 0.717) is 11.9 Å². The molecule has 2 aliphatic rings. The lowest BCUT2D eigenvalue weighted by Gasteiger charge is -2.37. The standard InChI is InChI=1S/C12H18N4/c13-11-6-7-14-12(15-11)16-8-2-4-9-3-1-5-10(9)16/h6-7,9-10H,1-5,8H2,(H2,13,14,15). The van der Waals surface area contributed by atoms with Crippen LogP contribution in [0, 0.1) is 5.92 Å². The van der Waals surface area contributed by atoms with Crippen LogP contribution in [0.15, 0.2) is 12.3 Å². The van der Waals surface area contributed by atoms with Crippen molar-refractivity contribution in [2.24, 2.45) is 5.92 Å². The molecule has 4 nitrogen and oxygen atoms in total. The minimum Gasteiger partial charge on any atom is -0.384 e. The van der Waals surface area contributed by atoms with Gasteiger partial charge >= 0.3 is 0 Å². The molecule has 1 aliphatic carbocycles. The Balaban J connectivity index is 1.88. The highest BCUT2D eigenvalue weighted by Gasteiger charge is 2.36. The van der Waals surface area contributed by atoms with Crippen LogP contribution in [-0.4, -0.2) is 22.6 Å². The molecule has 86 valence electrons. The maximum Gasteiger partial charge on any atom is 0.227 e. The Hall–Kier alpha value is -1.32. The van der Waals surface area contributed by atoms with Crippen LogP contribution in [0.3, 0.4) is 0 Å². The molecule has 2 heterocycles. The van der Waals surface area contributed by atoms with Crippen molar-refractivity contribution in [2.45, 2.75) is 38.1 Å². The summed E-state index contributed by atoms with van der Waals surface area (Å²) in [6.07, 6.45) is 8.43. The molecule has 16 heavy (non-hydrogen) atoms.